The maximum atomic E-state index is 13.9. The summed E-state index contributed by atoms with van der Waals surface area (Å²) < 4.78 is 20.1. The Hall–Kier alpha value is -4.25. The topological polar surface area (TPSA) is 140 Å². The summed E-state index contributed by atoms with van der Waals surface area (Å²) in [4.78, 5) is 55.2. The van der Waals surface area contributed by atoms with Crippen molar-refractivity contribution in [3.8, 4) is 0 Å². The third-order valence-electron chi connectivity index (χ3n) is 6.02. The lowest BCUT2D eigenvalue weighted by Crippen LogP contribution is -2.45. The fourth-order valence-corrected chi connectivity index (χ4v) is 4.31. The number of hydrogen-bond acceptors (Lipinski definition) is 6. The summed E-state index contributed by atoms with van der Waals surface area (Å²) in [6.45, 7) is 0.402. The number of carbonyl (C=O) groups is 2. The molecule has 0 saturated carbocycles. The van der Waals surface area contributed by atoms with Crippen molar-refractivity contribution in [1.29, 1.82) is 0 Å². The zero-order valence-electron chi connectivity index (χ0n) is 19.6. The highest BCUT2D eigenvalue weighted by atomic mass is 19.1. The van der Waals surface area contributed by atoms with Gasteiger partial charge in [0, 0.05) is 32.4 Å². The van der Waals surface area contributed by atoms with Crippen molar-refractivity contribution in [2.45, 2.75) is 25.3 Å². The Morgan fingerprint density at radius 2 is 1.94 bits per heavy atom. The Morgan fingerprint density at radius 3 is 2.67 bits per heavy atom. The number of aromatic amines is 1. The van der Waals surface area contributed by atoms with E-state index in [1.807, 2.05) is 6.07 Å². The Balaban J connectivity index is 1.80. The normalized spacial score (nSPS) is 14.7. The lowest BCUT2D eigenvalue weighted by molar-refractivity contribution is -0.124. The van der Waals surface area contributed by atoms with Crippen LogP contribution >= 0.6 is 0 Å². The maximum absolute atomic E-state index is 13.9. The van der Waals surface area contributed by atoms with Crippen LogP contribution in [0.2, 0.25) is 0 Å². The molecule has 0 fully saturated rings. The summed E-state index contributed by atoms with van der Waals surface area (Å²) in [5.41, 5.74) is 5.98. The second-order valence-corrected chi connectivity index (χ2v) is 8.44. The van der Waals surface area contributed by atoms with E-state index in [0.29, 0.717) is 12.0 Å². The van der Waals surface area contributed by atoms with E-state index in [0.717, 1.165) is 11.6 Å². The standard InChI is InChI=1S/C25H26FN5O5/c1-36-11-5-10-30(24(34)18-13-20(32)28-19-12-16(26)8-9-17(18)19)21-22(27)31(25(35)29-23(21)33)14-15-6-3-2-4-7-15/h2-4,6-9,12,18H,5,10-11,13-14,27H2,1H3,(H,28,32)(H,29,33,35)/t18-/m0/s1. The molecule has 4 N–H and O–H groups in total. The van der Waals surface area contributed by atoms with E-state index in [1.54, 1.807) is 24.3 Å². The Labute approximate surface area is 205 Å². The molecule has 1 atom stereocenters. The monoisotopic (exact) mass is 495 g/mol. The number of aromatic nitrogens is 2. The van der Waals surface area contributed by atoms with Crippen molar-refractivity contribution in [3.63, 3.8) is 0 Å². The van der Waals surface area contributed by atoms with Crippen LogP contribution in [0.3, 0.4) is 0 Å². The second kappa shape index (κ2) is 10.6. The zero-order chi connectivity index (χ0) is 25.8. The lowest BCUT2D eigenvalue weighted by Gasteiger charge is -2.31. The highest BCUT2D eigenvalue weighted by Gasteiger charge is 2.36. The summed E-state index contributed by atoms with van der Waals surface area (Å²) in [5, 5.41) is 2.58. The molecule has 2 heterocycles. The molecule has 0 spiro atoms. The van der Waals surface area contributed by atoms with Gasteiger partial charge in [-0.2, -0.15) is 0 Å². The largest absolute Gasteiger partial charge is 0.385 e. The van der Waals surface area contributed by atoms with Crippen molar-refractivity contribution in [1.82, 2.24) is 9.55 Å². The fourth-order valence-electron chi connectivity index (χ4n) is 4.31. The van der Waals surface area contributed by atoms with Gasteiger partial charge in [0.05, 0.1) is 12.5 Å². The van der Waals surface area contributed by atoms with E-state index in [1.165, 1.54) is 28.7 Å². The van der Waals surface area contributed by atoms with E-state index in [4.69, 9.17) is 10.5 Å². The molecule has 0 unspecified atom stereocenters. The van der Waals surface area contributed by atoms with Gasteiger partial charge in [0.1, 0.15) is 11.6 Å². The quantitative estimate of drug-likeness (QED) is 0.407. The number of halogens is 1. The van der Waals surface area contributed by atoms with Crippen LogP contribution in [0, 0.1) is 5.82 Å². The Kier molecular flexibility index (Phi) is 7.30. The van der Waals surface area contributed by atoms with Gasteiger partial charge in [-0.1, -0.05) is 36.4 Å². The van der Waals surface area contributed by atoms with Gasteiger partial charge in [-0.05, 0) is 29.7 Å². The van der Waals surface area contributed by atoms with Crippen LogP contribution in [0.4, 0.5) is 21.6 Å². The molecule has 2 amide bonds. The smallest absolute Gasteiger partial charge is 0.330 e. The van der Waals surface area contributed by atoms with Crippen LogP contribution in [-0.4, -0.2) is 41.6 Å². The average molecular weight is 496 g/mol. The molecule has 3 aromatic rings. The van der Waals surface area contributed by atoms with Crippen LogP contribution < -0.4 is 27.2 Å². The summed E-state index contributed by atoms with van der Waals surface area (Å²) >= 11 is 0. The summed E-state index contributed by atoms with van der Waals surface area (Å²) in [6, 6.07) is 12.8. The molecule has 0 saturated heterocycles. The highest BCUT2D eigenvalue weighted by Crippen LogP contribution is 2.35. The second-order valence-electron chi connectivity index (χ2n) is 8.44. The molecule has 4 rings (SSSR count). The van der Waals surface area contributed by atoms with Crippen molar-refractivity contribution in [2.75, 3.05) is 36.2 Å². The number of H-pyrrole nitrogens is 1. The van der Waals surface area contributed by atoms with Gasteiger partial charge in [0.2, 0.25) is 11.8 Å². The molecule has 2 aromatic carbocycles. The van der Waals surface area contributed by atoms with Crippen molar-refractivity contribution >= 4 is 29.0 Å². The van der Waals surface area contributed by atoms with Crippen molar-refractivity contribution < 1.29 is 18.7 Å². The van der Waals surface area contributed by atoms with E-state index < -0.39 is 34.8 Å². The van der Waals surface area contributed by atoms with Crippen molar-refractivity contribution in [2.24, 2.45) is 0 Å². The average Bonchev–Trinajstić information content (AvgIpc) is 2.85. The van der Waals surface area contributed by atoms with Gasteiger partial charge < -0.3 is 20.7 Å². The Morgan fingerprint density at radius 1 is 1.19 bits per heavy atom. The highest BCUT2D eigenvalue weighted by molar-refractivity contribution is 6.06. The first-order valence-electron chi connectivity index (χ1n) is 11.4. The zero-order valence-corrected chi connectivity index (χ0v) is 19.6. The molecule has 0 bridgehead atoms. The van der Waals surface area contributed by atoms with E-state index in [-0.39, 0.29) is 43.3 Å². The molecule has 1 aliphatic rings. The number of amides is 2. The number of ether oxygens (including phenoxy) is 1. The molecule has 36 heavy (non-hydrogen) atoms. The molecular weight excluding hydrogens is 469 g/mol. The predicted molar refractivity (Wildman–Crippen MR) is 133 cm³/mol. The number of nitrogens with two attached hydrogens (primary N) is 1. The number of methoxy groups -OCH3 is 1. The molecular formula is C25H26FN5O5. The number of carbonyl (C=O) groups excluding carboxylic acids is 2. The van der Waals surface area contributed by atoms with E-state index in [9.17, 15) is 23.6 Å². The molecule has 0 aliphatic carbocycles. The Bertz CT molecular complexity index is 1400. The summed E-state index contributed by atoms with van der Waals surface area (Å²) in [5.74, 6) is -2.76. The number of rotatable bonds is 8. The number of fused-ring (bicyclic) bond motifs is 1. The number of anilines is 3. The van der Waals surface area contributed by atoms with Crippen LogP contribution in [0.5, 0.6) is 0 Å². The molecule has 188 valence electrons. The number of nitrogens with one attached hydrogen (secondary N) is 2. The van der Waals surface area contributed by atoms with Crippen LogP contribution in [0.15, 0.2) is 58.1 Å². The van der Waals surface area contributed by atoms with Gasteiger partial charge >= 0.3 is 5.69 Å². The first kappa shape index (κ1) is 24.9. The SMILES string of the molecule is COCCCN(C(=O)[C@H]1CC(=O)Nc2cc(F)ccc21)c1c(N)n(Cc2ccccc2)c(=O)[nH]c1=O. The third kappa shape index (κ3) is 5.05. The summed E-state index contributed by atoms with van der Waals surface area (Å²) in [7, 11) is 1.50. The van der Waals surface area contributed by atoms with Crippen LogP contribution in [-0.2, 0) is 20.9 Å². The molecule has 1 aliphatic heterocycles. The van der Waals surface area contributed by atoms with Gasteiger partial charge in [-0.15, -0.1) is 0 Å². The minimum Gasteiger partial charge on any atom is -0.385 e. The lowest BCUT2D eigenvalue weighted by atomic mass is 9.89. The number of nitrogen functional groups attached to an aromatic ring is 1. The first-order valence-corrected chi connectivity index (χ1v) is 11.4. The number of nitrogens with zero attached hydrogens (tertiary/aromatic N) is 2. The third-order valence-corrected chi connectivity index (χ3v) is 6.02. The molecule has 11 heteroatoms. The fraction of sp³-hybridized carbons (Fsp3) is 0.280. The molecule has 1 aromatic heterocycles. The van der Waals surface area contributed by atoms with E-state index >= 15 is 0 Å². The first-order chi connectivity index (χ1) is 17.3. The number of hydrogen-bond donors (Lipinski definition) is 3. The van der Waals surface area contributed by atoms with Gasteiger partial charge in [-0.3, -0.25) is 23.9 Å². The maximum Gasteiger partial charge on any atom is 0.330 e. The minimum absolute atomic E-state index is 0.0398. The summed E-state index contributed by atoms with van der Waals surface area (Å²) in [6.07, 6.45) is 0.161. The minimum atomic E-state index is -0.981. The van der Waals surface area contributed by atoms with Crippen molar-refractivity contribution in [3.05, 3.63) is 86.3 Å². The van der Waals surface area contributed by atoms with Gasteiger partial charge in [0.25, 0.3) is 5.56 Å². The van der Waals surface area contributed by atoms with Crippen LogP contribution in [0.1, 0.15) is 29.9 Å². The van der Waals surface area contributed by atoms with Gasteiger partial charge in [0.15, 0.2) is 5.69 Å². The van der Waals surface area contributed by atoms with E-state index in [2.05, 4.69) is 10.3 Å². The van der Waals surface area contributed by atoms with Crippen LogP contribution in [0.25, 0.3) is 0 Å². The molecule has 0 radical (unpaired) electrons. The van der Waals surface area contributed by atoms with Gasteiger partial charge in [-0.25, -0.2) is 9.18 Å². The predicted octanol–water partition coefficient (Wildman–Crippen LogP) is 1.80. The number of benzene rings is 2. The molecule has 10 nitrogen and oxygen atoms in total.